The molecule has 0 aliphatic carbocycles. The zero-order chi connectivity index (χ0) is 22.3. The van der Waals surface area contributed by atoms with E-state index in [-0.39, 0.29) is 15.9 Å². The summed E-state index contributed by atoms with van der Waals surface area (Å²) in [5.41, 5.74) is 1.01. The van der Waals surface area contributed by atoms with Crippen LogP contribution in [0.3, 0.4) is 0 Å². The van der Waals surface area contributed by atoms with Crippen LogP contribution in [-0.2, 0) is 10.0 Å². The molecule has 0 bridgehead atoms. The number of anilines is 1. The largest absolute Gasteiger partial charge is 0.494 e. The van der Waals surface area contributed by atoms with Gasteiger partial charge in [-0.1, -0.05) is 13.8 Å². The van der Waals surface area contributed by atoms with Crippen LogP contribution in [0.1, 0.15) is 30.6 Å². The van der Waals surface area contributed by atoms with Crippen LogP contribution in [0.15, 0.2) is 53.4 Å². The molecule has 0 spiro atoms. The van der Waals surface area contributed by atoms with Crippen LogP contribution in [-0.4, -0.2) is 44.4 Å². The van der Waals surface area contributed by atoms with Gasteiger partial charge in [0, 0.05) is 25.3 Å². The van der Waals surface area contributed by atoms with Gasteiger partial charge in [-0.15, -0.1) is 0 Å². The van der Waals surface area contributed by atoms with E-state index in [4.69, 9.17) is 17.0 Å². The lowest BCUT2D eigenvalue weighted by molar-refractivity contribution is 0.0977. The summed E-state index contributed by atoms with van der Waals surface area (Å²) in [5.74, 6) is 0.922. The molecule has 0 saturated heterocycles. The van der Waals surface area contributed by atoms with Gasteiger partial charge in [0.15, 0.2) is 5.11 Å². The molecule has 2 N–H and O–H groups in total. The van der Waals surface area contributed by atoms with Crippen LogP contribution in [0, 0.1) is 5.92 Å². The monoisotopic (exact) mass is 449 g/mol. The van der Waals surface area contributed by atoms with Crippen LogP contribution >= 0.6 is 12.2 Å². The number of ether oxygens (including phenoxy) is 1. The minimum atomic E-state index is -3.50. The molecule has 2 rings (SSSR count). The van der Waals surface area contributed by atoms with Crippen molar-refractivity contribution >= 4 is 38.9 Å². The van der Waals surface area contributed by atoms with Crippen LogP contribution in [0.2, 0.25) is 0 Å². The molecule has 2 aromatic carbocycles. The molecule has 1 amide bonds. The summed E-state index contributed by atoms with van der Waals surface area (Å²) in [4.78, 5) is 12.5. The van der Waals surface area contributed by atoms with Crippen molar-refractivity contribution in [2.45, 2.75) is 25.2 Å². The molecule has 9 heteroatoms. The van der Waals surface area contributed by atoms with Gasteiger partial charge in [0.1, 0.15) is 5.75 Å². The molecular formula is C21H27N3O4S2. The molecule has 162 valence electrons. The number of sulfonamides is 1. The van der Waals surface area contributed by atoms with Crippen LogP contribution in [0.4, 0.5) is 5.69 Å². The average molecular weight is 450 g/mol. The van der Waals surface area contributed by atoms with Crippen molar-refractivity contribution in [3.63, 3.8) is 0 Å². The topological polar surface area (TPSA) is 87.7 Å². The number of carbonyl (C=O) groups excluding carboxylic acids is 1. The number of rotatable bonds is 8. The third-order valence-corrected chi connectivity index (χ3v) is 6.23. The first kappa shape index (κ1) is 23.8. The number of nitrogens with one attached hydrogen (secondary N) is 2. The van der Waals surface area contributed by atoms with Crippen molar-refractivity contribution in [1.82, 2.24) is 9.62 Å². The highest BCUT2D eigenvalue weighted by atomic mass is 32.2. The number of hydrogen-bond acceptors (Lipinski definition) is 5. The normalized spacial score (nSPS) is 11.4. The quantitative estimate of drug-likeness (QED) is 0.600. The number of hydrogen-bond donors (Lipinski definition) is 2. The first-order valence-electron chi connectivity index (χ1n) is 9.47. The van der Waals surface area contributed by atoms with Crippen molar-refractivity contribution < 1.29 is 17.9 Å². The van der Waals surface area contributed by atoms with E-state index in [9.17, 15) is 13.2 Å². The molecule has 0 aromatic heterocycles. The maximum absolute atomic E-state index is 12.4. The molecule has 0 aliphatic heterocycles. The van der Waals surface area contributed by atoms with Gasteiger partial charge in [0.25, 0.3) is 5.91 Å². The maximum atomic E-state index is 12.4. The SMILES string of the molecule is CC(C)CCOc1ccc(C(=O)NC(=S)Nc2ccc(S(=O)(=O)N(C)C)cc2)cc1. The second kappa shape index (κ2) is 10.5. The maximum Gasteiger partial charge on any atom is 0.257 e. The number of thiocarbonyl (C=S) groups is 1. The molecule has 0 saturated carbocycles. The predicted octanol–water partition coefficient (Wildman–Crippen LogP) is 3.49. The summed E-state index contributed by atoms with van der Waals surface area (Å²) >= 11 is 5.17. The summed E-state index contributed by atoms with van der Waals surface area (Å²) in [7, 11) is -0.561. The van der Waals surface area contributed by atoms with Gasteiger partial charge < -0.3 is 10.1 Å². The number of amides is 1. The summed E-state index contributed by atoms with van der Waals surface area (Å²) in [6, 6.07) is 12.9. The molecule has 0 atom stereocenters. The van der Waals surface area contributed by atoms with E-state index in [0.29, 0.717) is 29.5 Å². The summed E-state index contributed by atoms with van der Waals surface area (Å²) in [6.45, 7) is 4.90. The number of carbonyl (C=O) groups is 1. The lowest BCUT2D eigenvalue weighted by Gasteiger charge is -2.13. The fourth-order valence-electron chi connectivity index (χ4n) is 2.37. The van der Waals surface area contributed by atoms with E-state index < -0.39 is 10.0 Å². The van der Waals surface area contributed by atoms with E-state index in [1.807, 2.05) is 0 Å². The Morgan fingerprint density at radius 2 is 1.67 bits per heavy atom. The van der Waals surface area contributed by atoms with E-state index >= 15 is 0 Å². The highest BCUT2D eigenvalue weighted by molar-refractivity contribution is 7.89. The van der Waals surface area contributed by atoms with Gasteiger partial charge in [-0.3, -0.25) is 10.1 Å². The summed E-state index contributed by atoms with van der Waals surface area (Å²) in [6.07, 6.45) is 0.963. The van der Waals surface area contributed by atoms with E-state index in [1.54, 1.807) is 36.4 Å². The first-order valence-corrected chi connectivity index (χ1v) is 11.3. The van der Waals surface area contributed by atoms with E-state index in [0.717, 1.165) is 10.7 Å². The van der Waals surface area contributed by atoms with Crippen LogP contribution in [0.5, 0.6) is 5.75 Å². The lowest BCUT2D eigenvalue weighted by Crippen LogP contribution is -2.34. The number of benzene rings is 2. The smallest absolute Gasteiger partial charge is 0.257 e. The Balaban J connectivity index is 1.91. The summed E-state index contributed by atoms with van der Waals surface area (Å²) in [5, 5.41) is 5.58. The molecule has 0 fully saturated rings. The Labute approximate surface area is 183 Å². The third-order valence-electron chi connectivity index (χ3n) is 4.20. The molecule has 0 aliphatic rings. The minimum Gasteiger partial charge on any atom is -0.494 e. The van der Waals surface area contributed by atoms with Gasteiger partial charge in [-0.25, -0.2) is 12.7 Å². The van der Waals surface area contributed by atoms with Crippen molar-refractivity contribution in [3.05, 3.63) is 54.1 Å². The molecule has 2 aromatic rings. The van der Waals surface area contributed by atoms with E-state index in [2.05, 4.69) is 24.5 Å². The highest BCUT2D eigenvalue weighted by Gasteiger charge is 2.16. The Bertz CT molecular complexity index is 970. The predicted molar refractivity (Wildman–Crippen MR) is 122 cm³/mol. The molecular weight excluding hydrogens is 422 g/mol. The van der Waals surface area contributed by atoms with Gasteiger partial charge in [0.05, 0.1) is 11.5 Å². The highest BCUT2D eigenvalue weighted by Crippen LogP contribution is 2.17. The molecule has 0 unspecified atom stereocenters. The Morgan fingerprint density at radius 1 is 1.07 bits per heavy atom. The van der Waals surface area contributed by atoms with Gasteiger partial charge in [-0.2, -0.15) is 0 Å². The fraction of sp³-hybridized carbons (Fsp3) is 0.333. The zero-order valence-electron chi connectivity index (χ0n) is 17.5. The lowest BCUT2D eigenvalue weighted by atomic mass is 10.1. The minimum absolute atomic E-state index is 0.112. The van der Waals surface area contributed by atoms with Crippen molar-refractivity contribution in [2.75, 3.05) is 26.0 Å². The second-order valence-corrected chi connectivity index (χ2v) is 9.84. The Hall–Kier alpha value is -2.49. The molecule has 0 heterocycles. The van der Waals surface area contributed by atoms with Gasteiger partial charge in [0.2, 0.25) is 10.0 Å². The van der Waals surface area contributed by atoms with Crippen molar-refractivity contribution in [2.24, 2.45) is 5.92 Å². The van der Waals surface area contributed by atoms with Crippen molar-refractivity contribution in [1.29, 1.82) is 0 Å². The van der Waals surface area contributed by atoms with Crippen LogP contribution in [0.25, 0.3) is 0 Å². The second-order valence-electron chi connectivity index (χ2n) is 7.28. The zero-order valence-corrected chi connectivity index (χ0v) is 19.1. The Morgan fingerprint density at radius 3 is 2.20 bits per heavy atom. The third kappa shape index (κ3) is 6.79. The Kier molecular flexibility index (Phi) is 8.33. The van der Waals surface area contributed by atoms with Gasteiger partial charge in [-0.05, 0) is 73.1 Å². The average Bonchev–Trinajstić information content (AvgIpc) is 2.68. The van der Waals surface area contributed by atoms with Gasteiger partial charge >= 0.3 is 0 Å². The molecule has 30 heavy (non-hydrogen) atoms. The van der Waals surface area contributed by atoms with Crippen LogP contribution < -0.4 is 15.4 Å². The first-order chi connectivity index (χ1) is 14.1. The standard InChI is InChI=1S/C21H27N3O4S2/c1-15(2)13-14-28-18-9-5-16(6-10-18)20(25)23-21(29)22-17-7-11-19(12-8-17)30(26,27)24(3)4/h5-12,15H,13-14H2,1-4H3,(H2,22,23,25,29). The van der Waals surface area contributed by atoms with Crippen molar-refractivity contribution in [3.8, 4) is 5.75 Å². The summed E-state index contributed by atoms with van der Waals surface area (Å²) < 4.78 is 31.0. The fourth-order valence-corrected chi connectivity index (χ4v) is 3.49. The molecule has 0 radical (unpaired) electrons. The van der Waals surface area contributed by atoms with E-state index in [1.165, 1.54) is 26.2 Å². The number of nitrogens with zero attached hydrogens (tertiary/aromatic N) is 1. The molecule has 7 nitrogen and oxygen atoms in total.